The number of carbonyl (C=O) groups excluding carboxylic acids is 1. The lowest BCUT2D eigenvalue weighted by Crippen LogP contribution is -2.34. The van der Waals surface area contributed by atoms with Gasteiger partial charge in [0.15, 0.2) is 0 Å². The summed E-state index contributed by atoms with van der Waals surface area (Å²) in [7, 11) is 0. The first-order valence-corrected chi connectivity index (χ1v) is 7.39. The molecule has 0 radical (unpaired) electrons. The lowest BCUT2D eigenvalue weighted by Gasteiger charge is -2.22. The number of alkyl halides is 1. The van der Waals surface area contributed by atoms with Crippen molar-refractivity contribution in [1.82, 2.24) is 4.90 Å². The molecule has 0 bridgehead atoms. The van der Waals surface area contributed by atoms with Crippen molar-refractivity contribution in [3.8, 4) is 0 Å². The third-order valence-electron chi connectivity index (χ3n) is 3.72. The van der Waals surface area contributed by atoms with Gasteiger partial charge in [-0.3, -0.25) is 4.90 Å². The molecule has 3 nitrogen and oxygen atoms in total. The molecule has 0 saturated heterocycles. The van der Waals surface area contributed by atoms with Gasteiger partial charge in [-0.15, -0.1) is 0 Å². The maximum Gasteiger partial charge on any atom is 0.410 e. The maximum absolute atomic E-state index is 13.4. The van der Waals surface area contributed by atoms with Crippen LogP contribution in [-0.4, -0.2) is 23.2 Å². The second kappa shape index (κ2) is 6.60. The van der Waals surface area contributed by atoms with Crippen LogP contribution in [0.2, 0.25) is 0 Å². The van der Waals surface area contributed by atoms with Crippen LogP contribution in [0.15, 0.2) is 60.7 Å². The van der Waals surface area contributed by atoms with Crippen LogP contribution in [0.5, 0.6) is 0 Å². The summed E-state index contributed by atoms with van der Waals surface area (Å²) in [5.74, 6) is 0. The molecule has 0 aliphatic heterocycles. The molecule has 0 N–H and O–H groups in total. The lowest BCUT2D eigenvalue weighted by molar-refractivity contribution is 0.0877. The third kappa shape index (κ3) is 3.64. The fraction of sp³-hybridized carbons (Fsp3) is 0.278. The summed E-state index contributed by atoms with van der Waals surface area (Å²) in [6, 6.07) is 18.7. The summed E-state index contributed by atoms with van der Waals surface area (Å²) >= 11 is 0. The van der Waals surface area contributed by atoms with Gasteiger partial charge in [-0.2, -0.15) is 0 Å². The first-order valence-electron chi connectivity index (χ1n) is 7.39. The van der Waals surface area contributed by atoms with E-state index >= 15 is 0 Å². The van der Waals surface area contributed by atoms with Crippen molar-refractivity contribution >= 4 is 6.09 Å². The fourth-order valence-corrected chi connectivity index (χ4v) is 2.37. The van der Waals surface area contributed by atoms with Crippen LogP contribution >= 0.6 is 0 Å². The first kappa shape index (κ1) is 14.6. The number of ether oxygens (including phenoxy) is 1. The number of hydrogen-bond acceptors (Lipinski definition) is 2. The topological polar surface area (TPSA) is 29.5 Å². The Bertz CT molecular complexity index is 617. The number of amides is 1. The van der Waals surface area contributed by atoms with Crippen LogP contribution in [0.1, 0.15) is 17.5 Å². The van der Waals surface area contributed by atoms with Crippen molar-refractivity contribution in [3.05, 3.63) is 71.8 Å². The molecule has 1 aliphatic carbocycles. The molecular weight excluding hydrogens is 281 g/mol. The van der Waals surface area contributed by atoms with E-state index in [-0.39, 0.29) is 12.6 Å². The zero-order valence-corrected chi connectivity index (χ0v) is 12.2. The molecule has 2 unspecified atom stereocenters. The number of carbonyl (C=O) groups is 1. The summed E-state index contributed by atoms with van der Waals surface area (Å²) in [5, 5.41) is 0. The predicted molar refractivity (Wildman–Crippen MR) is 81.9 cm³/mol. The minimum absolute atomic E-state index is 0.203. The standard InChI is InChI=1S/C18H18FNO2/c19-16-11-17(16)20(12-14-7-3-1-4-8-14)18(21)22-13-15-9-5-2-6-10-15/h1-10,16-17H,11-13H2. The van der Waals surface area contributed by atoms with Gasteiger partial charge in [-0.25, -0.2) is 9.18 Å². The molecular formula is C18H18FNO2. The van der Waals surface area contributed by atoms with Gasteiger partial charge in [0.05, 0.1) is 6.04 Å². The van der Waals surface area contributed by atoms with E-state index in [1.807, 2.05) is 60.7 Å². The van der Waals surface area contributed by atoms with Gasteiger partial charge in [-0.05, 0) is 11.1 Å². The monoisotopic (exact) mass is 299 g/mol. The van der Waals surface area contributed by atoms with Crippen LogP contribution in [0, 0.1) is 0 Å². The molecule has 1 amide bonds. The predicted octanol–water partition coefficient (Wildman–Crippen LogP) is 3.94. The highest BCUT2D eigenvalue weighted by molar-refractivity contribution is 5.68. The molecule has 0 spiro atoms. The summed E-state index contributed by atoms with van der Waals surface area (Å²) in [6.07, 6.45) is -1.00. The Balaban J connectivity index is 1.63. The normalized spacial score (nSPS) is 19.5. The molecule has 1 aliphatic rings. The van der Waals surface area contributed by atoms with Gasteiger partial charge in [-0.1, -0.05) is 60.7 Å². The van der Waals surface area contributed by atoms with E-state index in [1.54, 1.807) is 0 Å². The Morgan fingerprint density at radius 3 is 2.14 bits per heavy atom. The molecule has 114 valence electrons. The highest BCUT2D eigenvalue weighted by Crippen LogP contribution is 2.33. The van der Waals surface area contributed by atoms with Crippen molar-refractivity contribution in [2.24, 2.45) is 0 Å². The molecule has 22 heavy (non-hydrogen) atoms. The summed E-state index contributed by atoms with van der Waals surface area (Å²) in [5.41, 5.74) is 1.89. The lowest BCUT2D eigenvalue weighted by atomic mass is 10.2. The average Bonchev–Trinajstić information content (AvgIpc) is 3.29. The van der Waals surface area contributed by atoms with E-state index in [0.717, 1.165) is 11.1 Å². The Morgan fingerprint density at radius 2 is 1.59 bits per heavy atom. The van der Waals surface area contributed by atoms with E-state index in [2.05, 4.69) is 0 Å². The Hall–Kier alpha value is -2.36. The second-order valence-electron chi connectivity index (χ2n) is 5.47. The molecule has 2 aromatic rings. The van der Waals surface area contributed by atoms with Crippen molar-refractivity contribution in [3.63, 3.8) is 0 Å². The highest BCUT2D eigenvalue weighted by atomic mass is 19.1. The Kier molecular flexibility index (Phi) is 4.37. The third-order valence-corrected chi connectivity index (χ3v) is 3.72. The van der Waals surface area contributed by atoms with E-state index in [0.29, 0.717) is 13.0 Å². The van der Waals surface area contributed by atoms with E-state index in [1.165, 1.54) is 4.90 Å². The zero-order valence-electron chi connectivity index (χ0n) is 12.2. The molecule has 3 rings (SSSR count). The van der Waals surface area contributed by atoms with Crippen LogP contribution in [0.25, 0.3) is 0 Å². The van der Waals surface area contributed by atoms with Crippen molar-refractivity contribution < 1.29 is 13.9 Å². The Labute approximate surface area is 129 Å². The second-order valence-corrected chi connectivity index (χ2v) is 5.47. The van der Waals surface area contributed by atoms with Crippen molar-refractivity contribution in [1.29, 1.82) is 0 Å². The van der Waals surface area contributed by atoms with Gasteiger partial charge in [0.2, 0.25) is 0 Å². The molecule has 2 aromatic carbocycles. The SMILES string of the molecule is O=C(OCc1ccccc1)N(Cc1ccccc1)C1CC1F. The molecule has 0 aromatic heterocycles. The van der Waals surface area contributed by atoms with Crippen LogP contribution < -0.4 is 0 Å². The van der Waals surface area contributed by atoms with E-state index in [4.69, 9.17) is 4.74 Å². The average molecular weight is 299 g/mol. The molecule has 1 saturated carbocycles. The van der Waals surface area contributed by atoms with E-state index in [9.17, 15) is 9.18 Å². The van der Waals surface area contributed by atoms with Gasteiger partial charge >= 0.3 is 6.09 Å². The number of nitrogens with zero attached hydrogens (tertiary/aromatic N) is 1. The molecule has 0 heterocycles. The quantitative estimate of drug-likeness (QED) is 0.837. The zero-order chi connectivity index (χ0) is 15.4. The van der Waals surface area contributed by atoms with Gasteiger partial charge in [0.25, 0.3) is 0 Å². The largest absolute Gasteiger partial charge is 0.445 e. The summed E-state index contributed by atoms with van der Waals surface area (Å²) < 4.78 is 18.7. The minimum atomic E-state index is -0.937. The van der Waals surface area contributed by atoms with Crippen LogP contribution in [0.3, 0.4) is 0 Å². The number of hydrogen-bond donors (Lipinski definition) is 0. The summed E-state index contributed by atoms with van der Waals surface area (Å²) in [6.45, 7) is 0.578. The van der Waals surface area contributed by atoms with Crippen LogP contribution in [-0.2, 0) is 17.9 Å². The Morgan fingerprint density at radius 1 is 1.05 bits per heavy atom. The van der Waals surface area contributed by atoms with Crippen LogP contribution in [0.4, 0.5) is 9.18 Å². The smallest absolute Gasteiger partial charge is 0.410 e. The van der Waals surface area contributed by atoms with E-state index < -0.39 is 12.3 Å². The van der Waals surface area contributed by atoms with Gasteiger partial charge in [0, 0.05) is 13.0 Å². The molecule has 2 atom stereocenters. The number of benzene rings is 2. The molecule has 1 fully saturated rings. The highest BCUT2D eigenvalue weighted by Gasteiger charge is 2.45. The number of halogens is 1. The first-order chi connectivity index (χ1) is 10.7. The van der Waals surface area contributed by atoms with Gasteiger partial charge < -0.3 is 4.74 Å². The minimum Gasteiger partial charge on any atom is -0.445 e. The fourth-order valence-electron chi connectivity index (χ4n) is 2.37. The van der Waals surface area contributed by atoms with Crippen molar-refractivity contribution in [2.45, 2.75) is 31.8 Å². The number of rotatable bonds is 5. The summed E-state index contributed by atoms with van der Waals surface area (Å²) in [4.78, 5) is 13.8. The maximum atomic E-state index is 13.4. The van der Waals surface area contributed by atoms with Gasteiger partial charge in [0.1, 0.15) is 12.8 Å². The van der Waals surface area contributed by atoms with Crippen molar-refractivity contribution in [2.75, 3.05) is 0 Å². The molecule has 4 heteroatoms.